The first-order valence-corrected chi connectivity index (χ1v) is 11.9. The molecule has 0 aromatic heterocycles. The molecule has 1 saturated heterocycles. The molecule has 2 rings (SSSR count). The van der Waals surface area contributed by atoms with Gasteiger partial charge in [-0.3, -0.25) is 4.31 Å². The van der Waals surface area contributed by atoms with E-state index in [4.69, 9.17) is 12.2 Å². The molecule has 0 aliphatic carbocycles. The number of rotatable bonds is 8. The number of sulfonamides is 1. The summed E-state index contributed by atoms with van der Waals surface area (Å²) >= 11 is 5.37. The minimum atomic E-state index is -3.28. The number of nitrogens with zero attached hydrogens (tertiary/aromatic N) is 2. The van der Waals surface area contributed by atoms with E-state index in [1.165, 1.54) is 49.8 Å². The predicted octanol–water partition coefficient (Wildman–Crippen LogP) is 3.02. The van der Waals surface area contributed by atoms with Crippen molar-refractivity contribution in [2.24, 2.45) is 0 Å². The first kappa shape index (κ1) is 21.9. The Morgan fingerprint density at radius 1 is 1.37 bits per heavy atom. The summed E-state index contributed by atoms with van der Waals surface area (Å²) in [6, 6.07) is 7.94. The van der Waals surface area contributed by atoms with Crippen LogP contribution in [0.5, 0.6) is 0 Å². The molecule has 0 radical (unpaired) electrons. The van der Waals surface area contributed by atoms with Crippen molar-refractivity contribution in [3.8, 4) is 0 Å². The molecule has 1 heterocycles. The van der Waals surface area contributed by atoms with Gasteiger partial charge in [0.1, 0.15) is 0 Å². The van der Waals surface area contributed by atoms with Gasteiger partial charge in [0.15, 0.2) is 5.11 Å². The van der Waals surface area contributed by atoms with Crippen LogP contribution in [0.4, 0.5) is 11.4 Å². The molecule has 1 aromatic carbocycles. The van der Waals surface area contributed by atoms with Gasteiger partial charge in [-0.05, 0) is 62.6 Å². The van der Waals surface area contributed by atoms with Crippen molar-refractivity contribution in [3.05, 3.63) is 24.3 Å². The van der Waals surface area contributed by atoms with E-state index in [9.17, 15) is 8.42 Å². The predicted molar refractivity (Wildman–Crippen MR) is 118 cm³/mol. The largest absolute Gasteiger partial charge is 0.362 e. The Hall–Kier alpha value is -1.38. The van der Waals surface area contributed by atoms with Gasteiger partial charge in [0.25, 0.3) is 0 Å². The number of thiocarbonyl (C=S) groups is 1. The van der Waals surface area contributed by atoms with E-state index in [2.05, 4.69) is 22.5 Å². The molecule has 0 saturated carbocycles. The van der Waals surface area contributed by atoms with Crippen LogP contribution in [0, 0.1) is 0 Å². The first-order chi connectivity index (χ1) is 12.8. The summed E-state index contributed by atoms with van der Waals surface area (Å²) in [6.07, 6.45) is 7.45. The highest BCUT2D eigenvalue weighted by molar-refractivity contribution is 7.92. The Labute approximate surface area is 169 Å². The summed E-state index contributed by atoms with van der Waals surface area (Å²) in [5.41, 5.74) is 1.36. The molecular weight excluding hydrogens is 380 g/mol. The van der Waals surface area contributed by atoms with Gasteiger partial charge in [0.2, 0.25) is 10.0 Å². The average molecular weight is 413 g/mol. The van der Waals surface area contributed by atoms with Crippen LogP contribution >= 0.6 is 12.2 Å². The van der Waals surface area contributed by atoms with E-state index in [0.717, 1.165) is 31.2 Å². The minimum absolute atomic E-state index is 0.555. The van der Waals surface area contributed by atoms with Gasteiger partial charge in [-0.2, -0.15) is 0 Å². The molecule has 0 spiro atoms. The molecule has 6 nitrogen and oxygen atoms in total. The van der Waals surface area contributed by atoms with Gasteiger partial charge < -0.3 is 15.5 Å². The molecule has 1 aliphatic rings. The van der Waals surface area contributed by atoms with Crippen LogP contribution in [0.2, 0.25) is 0 Å². The molecule has 1 aromatic rings. The number of anilines is 2. The molecule has 0 bridgehead atoms. The van der Waals surface area contributed by atoms with E-state index < -0.39 is 10.0 Å². The van der Waals surface area contributed by atoms with E-state index in [1.807, 2.05) is 12.1 Å². The highest BCUT2D eigenvalue weighted by Crippen LogP contribution is 2.21. The van der Waals surface area contributed by atoms with Crippen molar-refractivity contribution >= 4 is 38.7 Å². The molecule has 152 valence electrons. The van der Waals surface area contributed by atoms with E-state index in [-0.39, 0.29) is 0 Å². The normalized spacial score (nSPS) is 18.1. The van der Waals surface area contributed by atoms with Crippen LogP contribution in [0.3, 0.4) is 0 Å². The summed E-state index contributed by atoms with van der Waals surface area (Å²) in [6.45, 7) is 5.40. The summed E-state index contributed by atoms with van der Waals surface area (Å²) in [4.78, 5) is 2.60. The van der Waals surface area contributed by atoms with Crippen LogP contribution in [-0.2, 0) is 10.0 Å². The standard InChI is InChI=1S/C19H32N4O2S2/c1-4-17-10-5-6-13-23(17)14-8-12-20-19(26)21-16-9-7-11-18(15-16)22(2)27(3,24)25/h7,9,11,15,17H,4-6,8,10,12-14H2,1-3H3,(H2,20,21,26)/t17-/m0/s1. The highest BCUT2D eigenvalue weighted by Gasteiger charge is 2.19. The second-order valence-corrected chi connectivity index (χ2v) is 9.53. The van der Waals surface area contributed by atoms with Gasteiger partial charge in [0, 0.05) is 31.9 Å². The lowest BCUT2D eigenvalue weighted by molar-refractivity contribution is 0.143. The molecule has 27 heavy (non-hydrogen) atoms. The van der Waals surface area contributed by atoms with Crippen molar-refractivity contribution in [3.63, 3.8) is 0 Å². The van der Waals surface area contributed by atoms with E-state index in [0.29, 0.717) is 10.8 Å². The van der Waals surface area contributed by atoms with Crippen molar-refractivity contribution < 1.29 is 8.42 Å². The van der Waals surface area contributed by atoms with Crippen molar-refractivity contribution in [2.45, 2.75) is 45.1 Å². The maximum absolute atomic E-state index is 11.7. The Morgan fingerprint density at radius 3 is 2.85 bits per heavy atom. The molecule has 2 N–H and O–H groups in total. The Morgan fingerprint density at radius 2 is 2.15 bits per heavy atom. The highest BCUT2D eigenvalue weighted by atomic mass is 32.2. The Bertz CT molecular complexity index is 724. The zero-order chi connectivity index (χ0) is 19.9. The number of hydrogen-bond donors (Lipinski definition) is 2. The third-order valence-electron chi connectivity index (χ3n) is 5.09. The summed E-state index contributed by atoms with van der Waals surface area (Å²) in [5.74, 6) is 0. The zero-order valence-electron chi connectivity index (χ0n) is 16.6. The van der Waals surface area contributed by atoms with Crippen molar-refractivity contribution in [1.29, 1.82) is 0 Å². The lowest BCUT2D eigenvalue weighted by atomic mass is 10.00. The second kappa shape index (κ2) is 10.2. The van der Waals surface area contributed by atoms with E-state index >= 15 is 0 Å². The number of benzene rings is 1. The van der Waals surface area contributed by atoms with Gasteiger partial charge in [-0.25, -0.2) is 8.42 Å². The lowest BCUT2D eigenvalue weighted by Gasteiger charge is -2.35. The topological polar surface area (TPSA) is 64.7 Å². The van der Waals surface area contributed by atoms with Crippen LogP contribution in [-0.4, -0.2) is 57.4 Å². The summed E-state index contributed by atoms with van der Waals surface area (Å²) in [7, 11) is -1.75. The Kier molecular flexibility index (Phi) is 8.31. The lowest BCUT2D eigenvalue weighted by Crippen LogP contribution is -2.40. The fraction of sp³-hybridized carbons (Fsp3) is 0.632. The van der Waals surface area contributed by atoms with Crippen LogP contribution in [0.1, 0.15) is 39.0 Å². The summed E-state index contributed by atoms with van der Waals surface area (Å²) < 4.78 is 24.6. The SMILES string of the molecule is CC[C@H]1CCCCN1CCCNC(=S)Nc1cccc(N(C)S(C)(=O)=O)c1. The van der Waals surface area contributed by atoms with Crippen LogP contribution in [0.15, 0.2) is 24.3 Å². The van der Waals surface area contributed by atoms with E-state index in [1.54, 1.807) is 12.1 Å². The number of piperidine rings is 1. The van der Waals surface area contributed by atoms with Crippen molar-refractivity contribution in [1.82, 2.24) is 10.2 Å². The van der Waals surface area contributed by atoms with Crippen LogP contribution < -0.4 is 14.9 Å². The second-order valence-electron chi connectivity index (χ2n) is 7.11. The van der Waals surface area contributed by atoms with Gasteiger partial charge >= 0.3 is 0 Å². The average Bonchev–Trinajstić information content (AvgIpc) is 2.64. The molecule has 0 amide bonds. The van der Waals surface area contributed by atoms with Crippen LogP contribution in [0.25, 0.3) is 0 Å². The smallest absolute Gasteiger partial charge is 0.231 e. The maximum atomic E-state index is 11.7. The van der Waals surface area contributed by atoms with Gasteiger partial charge in [-0.15, -0.1) is 0 Å². The quantitative estimate of drug-likeness (QED) is 0.505. The number of hydrogen-bond acceptors (Lipinski definition) is 4. The summed E-state index contributed by atoms with van der Waals surface area (Å²) in [5, 5.41) is 6.93. The zero-order valence-corrected chi connectivity index (χ0v) is 18.2. The molecule has 1 atom stereocenters. The monoisotopic (exact) mass is 412 g/mol. The fourth-order valence-corrected chi connectivity index (χ4v) is 4.16. The van der Waals surface area contributed by atoms with Crippen molar-refractivity contribution in [2.75, 3.05) is 42.6 Å². The third-order valence-corrected chi connectivity index (χ3v) is 6.55. The Balaban J connectivity index is 1.77. The minimum Gasteiger partial charge on any atom is -0.362 e. The number of nitrogens with one attached hydrogen (secondary N) is 2. The van der Waals surface area contributed by atoms with Gasteiger partial charge in [-0.1, -0.05) is 19.4 Å². The first-order valence-electron chi connectivity index (χ1n) is 9.64. The molecule has 1 fully saturated rings. The molecule has 0 unspecified atom stereocenters. The molecule has 1 aliphatic heterocycles. The molecular formula is C19H32N4O2S2. The maximum Gasteiger partial charge on any atom is 0.231 e. The number of likely N-dealkylation sites (tertiary alicyclic amines) is 1. The van der Waals surface area contributed by atoms with Gasteiger partial charge in [0.05, 0.1) is 11.9 Å². The molecule has 8 heteroatoms. The fourth-order valence-electron chi connectivity index (χ4n) is 3.45. The third kappa shape index (κ3) is 6.93.